The van der Waals surface area contributed by atoms with E-state index in [0.717, 1.165) is 5.70 Å². The Morgan fingerprint density at radius 3 is 3.00 bits per heavy atom. The van der Waals surface area contributed by atoms with E-state index in [1.165, 1.54) is 0 Å². The van der Waals surface area contributed by atoms with Crippen LogP contribution in [0.2, 0.25) is 0 Å². The Bertz CT molecular complexity index is 313. The molecule has 0 saturated carbocycles. The van der Waals surface area contributed by atoms with Crippen LogP contribution >= 0.6 is 12.2 Å². The van der Waals surface area contributed by atoms with Gasteiger partial charge < -0.3 is 15.5 Å². The highest BCUT2D eigenvalue weighted by molar-refractivity contribution is 7.80. The molecule has 2 unspecified atom stereocenters. The number of thiocarbonyl (C=S) groups is 1. The number of hydrogen-bond acceptors (Lipinski definition) is 3. The van der Waals surface area contributed by atoms with Gasteiger partial charge in [-0.05, 0) is 25.2 Å². The molecule has 2 N–H and O–H groups in total. The van der Waals surface area contributed by atoms with Crippen molar-refractivity contribution in [1.29, 1.82) is 0 Å². The summed E-state index contributed by atoms with van der Waals surface area (Å²) in [6.45, 7) is 1.98. The first-order chi connectivity index (χ1) is 6.09. The molecule has 2 aliphatic heterocycles. The summed E-state index contributed by atoms with van der Waals surface area (Å²) in [6.07, 6.45) is 2.02. The second-order valence-electron chi connectivity index (χ2n) is 3.35. The Kier molecular flexibility index (Phi) is 1.76. The van der Waals surface area contributed by atoms with Crippen LogP contribution in [0, 0.1) is 0 Å². The number of carbonyl (C=O) groups is 1. The number of carbonyl (C=O) groups excluding carboxylic acids is 1. The number of nitrogens with one attached hydrogen (secondary N) is 2. The maximum atomic E-state index is 11.5. The topological polar surface area (TPSA) is 44.4 Å². The van der Waals surface area contributed by atoms with E-state index in [4.69, 9.17) is 12.2 Å². The van der Waals surface area contributed by atoms with Crippen molar-refractivity contribution in [3.63, 3.8) is 0 Å². The number of nitrogens with zero attached hydrogens (tertiary/aromatic N) is 1. The zero-order valence-electron chi connectivity index (χ0n) is 7.50. The van der Waals surface area contributed by atoms with Crippen molar-refractivity contribution in [1.82, 2.24) is 15.5 Å². The fourth-order valence-electron chi connectivity index (χ4n) is 1.76. The molecule has 5 heteroatoms. The number of amides is 1. The van der Waals surface area contributed by atoms with Crippen molar-refractivity contribution in [3.8, 4) is 0 Å². The van der Waals surface area contributed by atoms with E-state index in [0.29, 0.717) is 5.11 Å². The lowest BCUT2D eigenvalue weighted by Crippen LogP contribution is -2.62. The van der Waals surface area contributed by atoms with Gasteiger partial charge in [0, 0.05) is 12.7 Å². The number of likely N-dealkylation sites (N-methyl/N-ethyl adjacent to an activating group) is 1. The van der Waals surface area contributed by atoms with E-state index >= 15 is 0 Å². The molecular weight excluding hydrogens is 186 g/mol. The summed E-state index contributed by atoms with van der Waals surface area (Å²) in [5.41, 5.74) is 1.10. The highest BCUT2D eigenvalue weighted by atomic mass is 32.1. The molecule has 2 aliphatic rings. The molecule has 2 heterocycles. The van der Waals surface area contributed by atoms with Crippen LogP contribution in [0.4, 0.5) is 0 Å². The third-order valence-electron chi connectivity index (χ3n) is 2.54. The smallest absolute Gasteiger partial charge is 0.251 e. The van der Waals surface area contributed by atoms with E-state index in [-0.39, 0.29) is 18.0 Å². The fourth-order valence-corrected chi connectivity index (χ4v) is 2.00. The minimum Gasteiger partial charge on any atom is -0.365 e. The number of allylic oxidation sites excluding steroid dienone is 1. The lowest BCUT2D eigenvalue weighted by molar-refractivity contribution is -0.124. The average Bonchev–Trinajstić information content (AvgIpc) is 2.27. The molecule has 13 heavy (non-hydrogen) atoms. The monoisotopic (exact) mass is 197 g/mol. The van der Waals surface area contributed by atoms with E-state index in [2.05, 4.69) is 10.6 Å². The van der Waals surface area contributed by atoms with Gasteiger partial charge >= 0.3 is 0 Å². The molecular formula is C8H11N3OS. The van der Waals surface area contributed by atoms with Crippen LogP contribution in [0.15, 0.2) is 11.8 Å². The molecule has 0 aliphatic carbocycles. The first-order valence-corrected chi connectivity index (χ1v) is 4.53. The van der Waals surface area contributed by atoms with Gasteiger partial charge in [-0.25, -0.2) is 0 Å². The van der Waals surface area contributed by atoms with Gasteiger partial charge in [-0.15, -0.1) is 0 Å². The number of hydrogen-bond donors (Lipinski definition) is 2. The Morgan fingerprint density at radius 2 is 2.31 bits per heavy atom. The summed E-state index contributed by atoms with van der Waals surface area (Å²) in [5, 5.41) is 6.08. The van der Waals surface area contributed by atoms with Crippen LogP contribution in [-0.4, -0.2) is 35.1 Å². The van der Waals surface area contributed by atoms with Gasteiger partial charge in [0.1, 0.15) is 6.04 Å². The zero-order chi connectivity index (χ0) is 9.59. The first-order valence-electron chi connectivity index (χ1n) is 4.12. The van der Waals surface area contributed by atoms with E-state index in [9.17, 15) is 4.79 Å². The van der Waals surface area contributed by atoms with Crippen LogP contribution in [0.25, 0.3) is 0 Å². The van der Waals surface area contributed by atoms with Gasteiger partial charge in [0.25, 0.3) is 5.91 Å². The van der Waals surface area contributed by atoms with E-state index in [1.54, 1.807) is 0 Å². The van der Waals surface area contributed by atoms with Gasteiger partial charge in [-0.2, -0.15) is 0 Å². The molecule has 0 spiro atoms. The van der Waals surface area contributed by atoms with Crippen molar-refractivity contribution in [2.45, 2.75) is 19.0 Å². The van der Waals surface area contributed by atoms with Gasteiger partial charge in [0.05, 0.1) is 6.04 Å². The molecule has 4 nitrogen and oxygen atoms in total. The normalized spacial score (nSPS) is 32.2. The van der Waals surface area contributed by atoms with Gasteiger partial charge in [-0.1, -0.05) is 0 Å². The Hall–Kier alpha value is -1.10. The second-order valence-corrected chi connectivity index (χ2v) is 3.76. The molecule has 2 rings (SSSR count). The Morgan fingerprint density at radius 1 is 1.62 bits per heavy atom. The largest absolute Gasteiger partial charge is 0.365 e. The fraction of sp³-hybridized carbons (Fsp3) is 0.500. The van der Waals surface area contributed by atoms with Crippen molar-refractivity contribution in [2.24, 2.45) is 0 Å². The van der Waals surface area contributed by atoms with Gasteiger partial charge in [0.2, 0.25) is 0 Å². The summed E-state index contributed by atoms with van der Waals surface area (Å²) in [4.78, 5) is 13.5. The third-order valence-corrected chi connectivity index (χ3v) is 2.76. The predicted octanol–water partition coefficient (Wildman–Crippen LogP) is -0.423. The molecule has 70 valence electrons. The molecule has 0 aromatic carbocycles. The molecule has 0 aromatic heterocycles. The summed E-state index contributed by atoms with van der Waals surface area (Å²) in [6, 6.07) is -0.113. The van der Waals surface area contributed by atoms with Crippen molar-refractivity contribution >= 4 is 23.2 Å². The summed E-state index contributed by atoms with van der Waals surface area (Å²) in [7, 11) is 1.91. The van der Waals surface area contributed by atoms with Crippen LogP contribution < -0.4 is 10.6 Å². The van der Waals surface area contributed by atoms with Crippen LogP contribution in [0.5, 0.6) is 0 Å². The van der Waals surface area contributed by atoms with Gasteiger partial charge in [0.15, 0.2) is 5.11 Å². The summed E-state index contributed by atoms with van der Waals surface area (Å²) >= 11 is 4.89. The minimum absolute atomic E-state index is 0.0237. The lowest BCUT2D eigenvalue weighted by atomic mass is 10.1. The highest BCUT2D eigenvalue weighted by Gasteiger charge is 2.39. The average molecular weight is 197 g/mol. The maximum absolute atomic E-state index is 11.5. The third kappa shape index (κ3) is 1.19. The summed E-state index contributed by atoms with van der Waals surface area (Å²) in [5.74, 6) is -0.0237. The SMILES string of the molecule is CC1=CC2NC(=S)NC(=O)C2N1C. The molecule has 1 fully saturated rings. The lowest BCUT2D eigenvalue weighted by Gasteiger charge is -2.32. The van der Waals surface area contributed by atoms with Crippen LogP contribution in [0.1, 0.15) is 6.92 Å². The Labute approximate surface area is 82.0 Å². The van der Waals surface area contributed by atoms with Crippen molar-refractivity contribution in [3.05, 3.63) is 11.8 Å². The van der Waals surface area contributed by atoms with E-state index in [1.807, 2.05) is 24.9 Å². The van der Waals surface area contributed by atoms with Gasteiger partial charge in [-0.3, -0.25) is 4.79 Å². The molecule has 0 aromatic rings. The predicted molar refractivity (Wildman–Crippen MR) is 53.0 cm³/mol. The van der Waals surface area contributed by atoms with Crippen LogP contribution in [0.3, 0.4) is 0 Å². The molecule has 1 amide bonds. The zero-order valence-corrected chi connectivity index (χ0v) is 8.31. The highest BCUT2D eigenvalue weighted by Crippen LogP contribution is 2.21. The van der Waals surface area contributed by atoms with E-state index < -0.39 is 0 Å². The molecule has 0 radical (unpaired) electrons. The maximum Gasteiger partial charge on any atom is 0.251 e. The van der Waals surface area contributed by atoms with Crippen molar-refractivity contribution in [2.75, 3.05) is 7.05 Å². The van der Waals surface area contributed by atoms with Crippen molar-refractivity contribution < 1.29 is 4.79 Å². The standard InChI is InChI=1S/C8H11N3OS/c1-4-3-5-6(11(4)2)7(12)10-8(13)9-5/h3,5-6H,1-2H3,(H2,9,10,12,13). The number of fused-ring (bicyclic) bond motifs is 1. The first kappa shape index (κ1) is 8.50. The second kappa shape index (κ2) is 2.70. The van der Waals surface area contributed by atoms with Crippen LogP contribution in [-0.2, 0) is 4.79 Å². The molecule has 0 bridgehead atoms. The quantitative estimate of drug-likeness (QED) is 0.518. The molecule has 1 saturated heterocycles. The Balaban J connectivity index is 2.28. The minimum atomic E-state index is -0.147. The number of rotatable bonds is 0. The molecule has 2 atom stereocenters. The summed E-state index contributed by atoms with van der Waals surface area (Å²) < 4.78 is 0.